The van der Waals surface area contributed by atoms with Gasteiger partial charge in [-0.2, -0.15) is 0 Å². The molecule has 0 unspecified atom stereocenters. The number of amides is 1. The molecule has 0 aliphatic heterocycles. The molecule has 0 atom stereocenters. The summed E-state index contributed by atoms with van der Waals surface area (Å²) in [4.78, 5) is 12.4. The Morgan fingerprint density at radius 3 is 2.24 bits per heavy atom. The van der Waals surface area contributed by atoms with Crippen LogP contribution in [0.5, 0.6) is 0 Å². The maximum atomic E-state index is 12.4. The summed E-state index contributed by atoms with van der Waals surface area (Å²) in [6, 6.07) is 7.69. The molecule has 0 fully saturated rings. The van der Waals surface area contributed by atoms with Gasteiger partial charge in [0.2, 0.25) is 0 Å². The van der Waals surface area contributed by atoms with E-state index < -0.39 is 6.29 Å². The molecule has 0 saturated heterocycles. The Labute approximate surface area is 127 Å². The van der Waals surface area contributed by atoms with Gasteiger partial charge in [0.15, 0.2) is 6.29 Å². The fourth-order valence-electron chi connectivity index (χ4n) is 2.14. The Morgan fingerprint density at radius 1 is 1.14 bits per heavy atom. The van der Waals surface area contributed by atoms with Crippen LogP contribution in [0.4, 0.5) is 0 Å². The first-order valence-corrected chi connectivity index (χ1v) is 7.51. The molecule has 0 heterocycles. The first-order chi connectivity index (χ1) is 9.90. The highest BCUT2D eigenvalue weighted by Crippen LogP contribution is 2.25. The molecule has 1 N–H and O–H groups in total. The quantitative estimate of drug-likeness (QED) is 0.786. The van der Waals surface area contributed by atoms with Gasteiger partial charge in [-0.25, -0.2) is 0 Å². The maximum absolute atomic E-state index is 12.4. The molecule has 1 aromatic carbocycles. The lowest BCUT2D eigenvalue weighted by molar-refractivity contribution is -0.131. The third-order valence-electron chi connectivity index (χ3n) is 3.11. The summed E-state index contributed by atoms with van der Waals surface area (Å²) in [5, 5.41) is 2.89. The largest absolute Gasteiger partial charge is 0.351 e. The molecule has 0 aliphatic rings. The van der Waals surface area contributed by atoms with Crippen LogP contribution in [-0.4, -0.2) is 32.0 Å². The number of benzene rings is 1. The fourth-order valence-corrected chi connectivity index (χ4v) is 2.14. The van der Waals surface area contributed by atoms with E-state index in [2.05, 4.69) is 26.1 Å². The third-order valence-corrected chi connectivity index (χ3v) is 3.11. The van der Waals surface area contributed by atoms with Crippen molar-refractivity contribution in [2.75, 3.05) is 19.8 Å². The number of rotatable bonds is 7. The zero-order chi connectivity index (χ0) is 15.9. The number of carbonyl (C=O) groups is 1. The molecule has 0 aliphatic carbocycles. The minimum absolute atomic E-state index is 0.0762. The Kier molecular flexibility index (Phi) is 6.85. The van der Waals surface area contributed by atoms with Crippen LogP contribution < -0.4 is 5.32 Å². The van der Waals surface area contributed by atoms with Gasteiger partial charge in [-0.15, -0.1) is 0 Å². The summed E-state index contributed by atoms with van der Waals surface area (Å²) in [5.74, 6) is -0.0927. The Bertz CT molecular complexity index is 446. The summed E-state index contributed by atoms with van der Waals surface area (Å²) in [6.45, 7) is 11.6. The number of hydrogen-bond donors (Lipinski definition) is 1. The molecule has 0 bridgehead atoms. The third kappa shape index (κ3) is 5.48. The Balaban J connectivity index is 2.76. The molecule has 118 valence electrons. The second-order valence-electron chi connectivity index (χ2n) is 5.85. The molecular formula is C17H27NO3. The summed E-state index contributed by atoms with van der Waals surface area (Å²) in [7, 11) is 0. The summed E-state index contributed by atoms with van der Waals surface area (Å²) in [5.41, 5.74) is 1.66. The van der Waals surface area contributed by atoms with Crippen molar-refractivity contribution in [1.29, 1.82) is 0 Å². The van der Waals surface area contributed by atoms with Crippen LogP contribution in [-0.2, 0) is 14.9 Å². The minimum atomic E-state index is -0.397. The minimum Gasteiger partial charge on any atom is -0.351 e. The van der Waals surface area contributed by atoms with Crippen LogP contribution in [0.1, 0.15) is 50.5 Å². The van der Waals surface area contributed by atoms with Crippen LogP contribution in [0, 0.1) is 0 Å². The number of nitrogens with one attached hydrogen (secondary N) is 1. The van der Waals surface area contributed by atoms with E-state index in [9.17, 15) is 4.79 Å². The van der Waals surface area contributed by atoms with Gasteiger partial charge in [0.25, 0.3) is 5.91 Å². The van der Waals surface area contributed by atoms with Gasteiger partial charge < -0.3 is 14.8 Å². The van der Waals surface area contributed by atoms with Gasteiger partial charge in [0.1, 0.15) is 0 Å². The first-order valence-electron chi connectivity index (χ1n) is 7.51. The SMILES string of the molecule is CCOC(CNC(=O)c1ccccc1C(C)(C)C)OCC. The van der Waals surface area contributed by atoms with Crippen molar-refractivity contribution in [3.8, 4) is 0 Å². The zero-order valence-corrected chi connectivity index (χ0v) is 13.7. The monoisotopic (exact) mass is 293 g/mol. The van der Waals surface area contributed by atoms with Crippen molar-refractivity contribution in [3.63, 3.8) is 0 Å². The van der Waals surface area contributed by atoms with Gasteiger partial charge in [0, 0.05) is 18.8 Å². The molecule has 1 aromatic rings. The highest BCUT2D eigenvalue weighted by Gasteiger charge is 2.21. The van der Waals surface area contributed by atoms with Crippen molar-refractivity contribution in [2.24, 2.45) is 0 Å². The molecule has 1 amide bonds. The Morgan fingerprint density at radius 2 is 1.71 bits per heavy atom. The average Bonchev–Trinajstić information content (AvgIpc) is 2.44. The predicted octanol–water partition coefficient (Wildman–Crippen LogP) is 3.11. The summed E-state index contributed by atoms with van der Waals surface area (Å²) < 4.78 is 10.9. The highest BCUT2D eigenvalue weighted by atomic mass is 16.7. The second-order valence-corrected chi connectivity index (χ2v) is 5.85. The smallest absolute Gasteiger partial charge is 0.251 e. The van der Waals surface area contributed by atoms with E-state index in [1.807, 2.05) is 38.1 Å². The van der Waals surface area contributed by atoms with Crippen LogP contribution in [0.15, 0.2) is 24.3 Å². The fraction of sp³-hybridized carbons (Fsp3) is 0.588. The van der Waals surface area contributed by atoms with Crippen LogP contribution in [0.3, 0.4) is 0 Å². The van der Waals surface area contributed by atoms with E-state index in [1.165, 1.54) is 0 Å². The molecule has 4 heteroatoms. The lowest BCUT2D eigenvalue weighted by Crippen LogP contribution is -2.36. The summed E-state index contributed by atoms with van der Waals surface area (Å²) >= 11 is 0. The van der Waals surface area contributed by atoms with E-state index in [0.717, 1.165) is 5.56 Å². The van der Waals surface area contributed by atoms with Crippen molar-refractivity contribution in [2.45, 2.75) is 46.3 Å². The van der Waals surface area contributed by atoms with E-state index >= 15 is 0 Å². The standard InChI is InChI=1S/C17H27NO3/c1-6-20-15(21-7-2)12-18-16(19)13-10-8-9-11-14(13)17(3,4)5/h8-11,15H,6-7,12H2,1-5H3,(H,18,19). The van der Waals surface area contributed by atoms with E-state index in [0.29, 0.717) is 25.3 Å². The molecule has 0 spiro atoms. The predicted molar refractivity (Wildman–Crippen MR) is 84.5 cm³/mol. The zero-order valence-electron chi connectivity index (χ0n) is 13.7. The van der Waals surface area contributed by atoms with Crippen molar-refractivity contribution in [1.82, 2.24) is 5.32 Å². The molecule has 0 saturated carbocycles. The lowest BCUT2D eigenvalue weighted by atomic mass is 9.83. The van der Waals surface area contributed by atoms with Gasteiger partial charge in [0.05, 0.1) is 6.54 Å². The molecule has 0 radical (unpaired) electrons. The van der Waals surface area contributed by atoms with Gasteiger partial charge >= 0.3 is 0 Å². The molecule has 1 rings (SSSR count). The number of hydrogen-bond acceptors (Lipinski definition) is 3. The second kappa shape index (κ2) is 8.15. The van der Waals surface area contributed by atoms with Crippen LogP contribution in [0.25, 0.3) is 0 Å². The normalized spacial score (nSPS) is 11.7. The number of ether oxygens (including phenoxy) is 2. The number of carbonyl (C=O) groups excluding carboxylic acids is 1. The van der Waals surface area contributed by atoms with E-state index in [-0.39, 0.29) is 11.3 Å². The van der Waals surface area contributed by atoms with Gasteiger partial charge in [-0.1, -0.05) is 39.0 Å². The van der Waals surface area contributed by atoms with Crippen molar-refractivity contribution < 1.29 is 14.3 Å². The summed E-state index contributed by atoms with van der Waals surface area (Å²) in [6.07, 6.45) is -0.397. The highest BCUT2D eigenvalue weighted by molar-refractivity contribution is 5.96. The van der Waals surface area contributed by atoms with Gasteiger partial charge in [-0.3, -0.25) is 4.79 Å². The van der Waals surface area contributed by atoms with Crippen LogP contribution in [0.2, 0.25) is 0 Å². The molecule has 4 nitrogen and oxygen atoms in total. The van der Waals surface area contributed by atoms with E-state index in [4.69, 9.17) is 9.47 Å². The van der Waals surface area contributed by atoms with Crippen LogP contribution >= 0.6 is 0 Å². The first kappa shape index (κ1) is 17.7. The maximum Gasteiger partial charge on any atom is 0.251 e. The Hall–Kier alpha value is -1.39. The van der Waals surface area contributed by atoms with Crippen molar-refractivity contribution >= 4 is 5.91 Å². The van der Waals surface area contributed by atoms with E-state index in [1.54, 1.807) is 0 Å². The molecular weight excluding hydrogens is 266 g/mol. The molecule has 0 aromatic heterocycles. The van der Waals surface area contributed by atoms with Gasteiger partial charge in [-0.05, 0) is 30.9 Å². The van der Waals surface area contributed by atoms with Crippen molar-refractivity contribution in [3.05, 3.63) is 35.4 Å². The topological polar surface area (TPSA) is 47.6 Å². The average molecular weight is 293 g/mol. The molecule has 21 heavy (non-hydrogen) atoms. The lowest BCUT2D eigenvalue weighted by Gasteiger charge is -2.23.